The van der Waals surface area contributed by atoms with E-state index in [0.29, 0.717) is 22.8 Å². The van der Waals surface area contributed by atoms with Gasteiger partial charge in [0.1, 0.15) is 10.8 Å². The fourth-order valence-electron chi connectivity index (χ4n) is 3.42. The molecule has 1 fully saturated rings. The van der Waals surface area contributed by atoms with Gasteiger partial charge in [-0.15, -0.1) is 0 Å². The van der Waals surface area contributed by atoms with E-state index in [0.717, 1.165) is 11.4 Å². The first kappa shape index (κ1) is 19.3. The van der Waals surface area contributed by atoms with Gasteiger partial charge in [0, 0.05) is 23.0 Å². The number of halogens is 2. The third kappa shape index (κ3) is 3.77. The third-order valence-corrected chi connectivity index (χ3v) is 7.19. The molecule has 0 N–H and O–H groups in total. The maximum atomic E-state index is 12.6. The van der Waals surface area contributed by atoms with E-state index in [1.54, 1.807) is 24.3 Å². The molecule has 1 aliphatic rings. The quantitative estimate of drug-likeness (QED) is 0.691. The van der Waals surface area contributed by atoms with Crippen LogP contribution in [0.1, 0.15) is 34.2 Å². The number of benzene rings is 1. The lowest BCUT2D eigenvalue weighted by atomic mass is 10.1. The minimum absolute atomic E-state index is 0.117. The van der Waals surface area contributed by atoms with E-state index in [-0.39, 0.29) is 35.0 Å². The Kier molecular flexibility index (Phi) is 5.37. The average molecular weight is 416 g/mol. The molecule has 2 aromatic rings. The Morgan fingerprint density at radius 1 is 1.31 bits per heavy atom. The molecule has 0 amide bonds. The second-order valence-electron chi connectivity index (χ2n) is 6.48. The Balaban J connectivity index is 1.78. The van der Waals surface area contributed by atoms with Crippen LogP contribution in [0, 0.1) is 13.8 Å². The molecule has 8 heteroatoms. The molecule has 1 aliphatic heterocycles. The minimum Gasteiger partial charge on any atom is -0.484 e. The summed E-state index contributed by atoms with van der Waals surface area (Å²) in [6.07, 6.45) is 0.570. The third-order valence-electron chi connectivity index (χ3n) is 4.63. The van der Waals surface area contributed by atoms with Crippen LogP contribution in [0.15, 0.2) is 24.3 Å². The van der Waals surface area contributed by atoms with Gasteiger partial charge in [0.2, 0.25) is 5.78 Å². The summed E-state index contributed by atoms with van der Waals surface area (Å²) in [6, 6.07) is 6.65. The molecule has 1 aromatic heterocycles. The molecule has 1 aromatic carbocycles. The van der Waals surface area contributed by atoms with Gasteiger partial charge in [-0.3, -0.25) is 4.79 Å². The van der Waals surface area contributed by atoms with Crippen LogP contribution in [-0.4, -0.2) is 36.9 Å². The highest BCUT2D eigenvalue weighted by molar-refractivity contribution is 7.91. The number of sulfone groups is 1. The molecular formula is C18H19Cl2NO4S. The molecule has 0 radical (unpaired) electrons. The van der Waals surface area contributed by atoms with Crippen molar-refractivity contribution in [1.29, 1.82) is 0 Å². The summed E-state index contributed by atoms with van der Waals surface area (Å²) in [4.78, 5) is 12.6. The van der Waals surface area contributed by atoms with Crippen molar-refractivity contribution < 1.29 is 17.9 Å². The van der Waals surface area contributed by atoms with E-state index in [4.69, 9.17) is 27.9 Å². The number of aryl methyl sites for hydroxylation is 1. The summed E-state index contributed by atoms with van der Waals surface area (Å²) >= 11 is 12.0. The number of rotatable bonds is 5. The fraction of sp³-hybridized carbons (Fsp3) is 0.389. The van der Waals surface area contributed by atoms with Crippen molar-refractivity contribution >= 4 is 38.8 Å². The number of Topliss-reactive ketones (excluding diaryl/α,β-unsaturated/α-hetero) is 1. The van der Waals surface area contributed by atoms with Crippen LogP contribution in [0.5, 0.6) is 5.75 Å². The topological polar surface area (TPSA) is 65.4 Å². The second kappa shape index (κ2) is 7.25. The number of ketones is 1. The number of carbonyl (C=O) groups excluding carboxylic acids is 1. The molecule has 2 heterocycles. The molecular weight excluding hydrogens is 397 g/mol. The van der Waals surface area contributed by atoms with Gasteiger partial charge in [0.05, 0.1) is 16.5 Å². The Bertz CT molecular complexity index is 966. The first-order valence-electron chi connectivity index (χ1n) is 8.18. The lowest BCUT2D eigenvalue weighted by Crippen LogP contribution is -2.16. The van der Waals surface area contributed by atoms with Crippen molar-refractivity contribution in [2.24, 2.45) is 0 Å². The maximum absolute atomic E-state index is 12.6. The van der Waals surface area contributed by atoms with Gasteiger partial charge in [0.25, 0.3) is 0 Å². The van der Waals surface area contributed by atoms with Crippen LogP contribution in [0.4, 0.5) is 0 Å². The van der Waals surface area contributed by atoms with Gasteiger partial charge in [-0.2, -0.15) is 0 Å². The van der Waals surface area contributed by atoms with Crippen LogP contribution >= 0.6 is 23.2 Å². The van der Waals surface area contributed by atoms with E-state index in [9.17, 15) is 13.2 Å². The molecule has 1 atom stereocenters. The van der Waals surface area contributed by atoms with Gasteiger partial charge in [-0.25, -0.2) is 8.42 Å². The number of nitrogens with zero attached hydrogens (tertiary/aromatic N) is 1. The smallest absolute Gasteiger partial charge is 0.202 e. The van der Waals surface area contributed by atoms with E-state index in [2.05, 4.69) is 0 Å². The monoisotopic (exact) mass is 415 g/mol. The second-order valence-corrected chi connectivity index (χ2v) is 9.49. The average Bonchev–Trinajstić information content (AvgIpc) is 3.07. The predicted molar refractivity (Wildman–Crippen MR) is 103 cm³/mol. The predicted octanol–water partition coefficient (Wildman–Crippen LogP) is 4.03. The van der Waals surface area contributed by atoms with Crippen LogP contribution < -0.4 is 4.74 Å². The van der Waals surface area contributed by atoms with Crippen molar-refractivity contribution in [2.45, 2.75) is 26.3 Å². The Hall–Kier alpha value is -1.50. The van der Waals surface area contributed by atoms with E-state index in [1.165, 1.54) is 0 Å². The lowest BCUT2D eigenvalue weighted by molar-refractivity contribution is 0.0921. The zero-order valence-corrected chi connectivity index (χ0v) is 16.8. The number of ether oxygens (including phenoxy) is 1. The number of hydrogen-bond acceptors (Lipinski definition) is 4. The van der Waals surface area contributed by atoms with Crippen molar-refractivity contribution in [3.8, 4) is 5.75 Å². The number of aromatic nitrogens is 1. The summed E-state index contributed by atoms with van der Waals surface area (Å²) in [7, 11) is -3.00. The van der Waals surface area contributed by atoms with Crippen LogP contribution in [-0.2, 0) is 9.84 Å². The molecule has 26 heavy (non-hydrogen) atoms. The Morgan fingerprint density at radius 2 is 2.04 bits per heavy atom. The van der Waals surface area contributed by atoms with Crippen LogP contribution in [0.2, 0.25) is 10.0 Å². The highest BCUT2D eigenvalue weighted by Crippen LogP contribution is 2.32. The molecule has 0 spiro atoms. The van der Waals surface area contributed by atoms with Gasteiger partial charge in [-0.1, -0.05) is 29.3 Å². The van der Waals surface area contributed by atoms with Gasteiger partial charge in [0.15, 0.2) is 16.4 Å². The summed E-state index contributed by atoms with van der Waals surface area (Å²) < 4.78 is 31.0. The molecule has 1 saturated heterocycles. The van der Waals surface area contributed by atoms with Crippen molar-refractivity contribution in [2.75, 3.05) is 18.1 Å². The van der Waals surface area contributed by atoms with E-state index >= 15 is 0 Å². The zero-order valence-electron chi connectivity index (χ0n) is 14.5. The molecule has 5 nitrogen and oxygen atoms in total. The number of hydrogen-bond donors (Lipinski definition) is 0. The standard InChI is InChI=1S/C18H19Cl2NO4S/c1-11-8-14(12(2)21(11)13-6-7-26(23,24)10-13)16(22)9-25-17-5-3-4-15(19)18(17)20/h3-5,8,13H,6-7,9-10H2,1-2H3/t13-/m1/s1. The first-order valence-corrected chi connectivity index (χ1v) is 10.8. The lowest BCUT2D eigenvalue weighted by Gasteiger charge is -2.16. The molecule has 0 aliphatic carbocycles. The molecule has 0 saturated carbocycles. The summed E-state index contributed by atoms with van der Waals surface area (Å²) in [5, 5.41) is 0.626. The fourth-order valence-corrected chi connectivity index (χ4v) is 5.46. The van der Waals surface area contributed by atoms with E-state index in [1.807, 2.05) is 18.4 Å². The number of carbonyl (C=O) groups is 1. The normalized spacial score (nSPS) is 18.8. The Labute approximate surface area is 162 Å². The molecule has 0 unspecified atom stereocenters. The molecule has 0 bridgehead atoms. The molecule has 140 valence electrons. The van der Waals surface area contributed by atoms with Crippen molar-refractivity contribution in [3.05, 3.63) is 51.3 Å². The summed E-state index contributed by atoms with van der Waals surface area (Å²) in [5.41, 5.74) is 2.16. The van der Waals surface area contributed by atoms with E-state index < -0.39 is 9.84 Å². The van der Waals surface area contributed by atoms with Crippen LogP contribution in [0.25, 0.3) is 0 Å². The largest absolute Gasteiger partial charge is 0.484 e. The Morgan fingerprint density at radius 3 is 2.69 bits per heavy atom. The SMILES string of the molecule is Cc1cc(C(=O)COc2cccc(Cl)c2Cl)c(C)n1[C@@H]1CCS(=O)(=O)C1. The van der Waals surface area contributed by atoms with Gasteiger partial charge < -0.3 is 9.30 Å². The minimum atomic E-state index is -3.00. The van der Waals surface area contributed by atoms with Crippen LogP contribution in [0.3, 0.4) is 0 Å². The summed E-state index contributed by atoms with van der Waals surface area (Å²) in [6.45, 7) is 3.54. The van der Waals surface area contributed by atoms with Crippen molar-refractivity contribution in [1.82, 2.24) is 4.57 Å². The van der Waals surface area contributed by atoms with Crippen molar-refractivity contribution in [3.63, 3.8) is 0 Å². The highest BCUT2D eigenvalue weighted by Gasteiger charge is 2.31. The van der Waals surface area contributed by atoms with Gasteiger partial charge >= 0.3 is 0 Å². The zero-order chi connectivity index (χ0) is 19.1. The highest BCUT2D eigenvalue weighted by atomic mass is 35.5. The first-order chi connectivity index (χ1) is 12.2. The summed E-state index contributed by atoms with van der Waals surface area (Å²) in [5.74, 6) is 0.462. The molecule has 3 rings (SSSR count). The van der Waals surface area contributed by atoms with Gasteiger partial charge in [-0.05, 0) is 38.5 Å². The maximum Gasteiger partial charge on any atom is 0.202 e.